The average molecular weight is 619 g/mol. The predicted molar refractivity (Wildman–Crippen MR) is 167 cm³/mol. The lowest BCUT2D eigenvalue weighted by Crippen LogP contribution is -2.39. The van der Waals surface area contributed by atoms with E-state index in [4.69, 9.17) is 30.5 Å². The number of allylic oxidation sites excluding steroid dienone is 1. The third-order valence-electron chi connectivity index (χ3n) is 6.85. The van der Waals surface area contributed by atoms with Crippen molar-refractivity contribution >= 4 is 35.0 Å². The summed E-state index contributed by atoms with van der Waals surface area (Å²) < 4.78 is 24.6. The fraction of sp³-hybridized carbons (Fsp3) is 0.242. The monoisotopic (exact) mass is 618 g/mol. The molecule has 8 nitrogen and oxygen atoms in total. The maximum atomic E-state index is 13.9. The summed E-state index contributed by atoms with van der Waals surface area (Å²) in [6, 6.07) is 19.6. The Morgan fingerprint density at radius 3 is 2.49 bits per heavy atom. The van der Waals surface area contributed by atoms with Gasteiger partial charge in [-0.1, -0.05) is 59.3 Å². The molecule has 1 aliphatic heterocycles. The molecule has 4 aromatic rings. The zero-order valence-corrected chi connectivity index (χ0v) is 25.8. The molecule has 3 aromatic carbocycles. The van der Waals surface area contributed by atoms with Crippen LogP contribution in [0, 0.1) is 0 Å². The minimum absolute atomic E-state index is 0.204. The van der Waals surface area contributed by atoms with Crippen molar-refractivity contribution in [1.29, 1.82) is 0 Å². The van der Waals surface area contributed by atoms with E-state index in [9.17, 15) is 9.59 Å². The summed E-state index contributed by atoms with van der Waals surface area (Å²) >= 11 is 7.55. The first kappa shape index (κ1) is 30.1. The summed E-state index contributed by atoms with van der Waals surface area (Å²) in [6.07, 6.45) is 1.79. The third-order valence-corrected chi connectivity index (χ3v) is 8.21. The molecule has 0 N–H and O–H groups in total. The summed E-state index contributed by atoms with van der Waals surface area (Å²) in [5, 5.41) is 0.627. The quantitative estimate of drug-likeness (QED) is 0.220. The molecule has 222 valence electrons. The Labute approximate surface area is 258 Å². The van der Waals surface area contributed by atoms with Crippen molar-refractivity contribution in [3.05, 3.63) is 119 Å². The molecule has 2 heterocycles. The van der Waals surface area contributed by atoms with Crippen LogP contribution in [0.25, 0.3) is 6.08 Å². The molecule has 0 unspecified atom stereocenters. The second-order valence-electron chi connectivity index (χ2n) is 9.59. The van der Waals surface area contributed by atoms with Crippen molar-refractivity contribution in [1.82, 2.24) is 4.57 Å². The number of methoxy groups -OCH3 is 1. The van der Waals surface area contributed by atoms with E-state index in [1.807, 2.05) is 61.5 Å². The number of ether oxygens (including phenoxy) is 4. The van der Waals surface area contributed by atoms with Crippen molar-refractivity contribution in [2.75, 3.05) is 20.3 Å². The van der Waals surface area contributed by atoms with Crippen molar-refractivity contribution in [3.63, 3.8) is 0 Å². The Kier molecular flexibility index (Phi) is 9.33. The number of carbonyl (C=O) groups is 1. The maximum Gasteiger partial charge on any atom is 0.338 e. The summed E-state index contributed by atoms with van der Waals surface area (Å²) in [5.74, 6) is 1.27. The lowest BCUT2D eigenvalue weighted by molar-refractivity contribution is -0.139. The number of thiazole rings is 1. The molecule has 1 aliphatic rings. The van der Waals surface area contributed by atoms with Gasteiger partial charge in [0.25, 0.3) is 5.56 Å². The van der Waals surface area contributed by atoms with Crippen LogP contribution < -0.4 is 29.1 Å². The second-order valence-corrected chi connectivity index (χ2v) is 11.0. The van der Waals surface area contributed by atoms with E-state index in [-0.39, 0.29) is 18.8 Å². The number of fused-ring (bicyclic) bond motifs is 1. The molecule has 1 aromatic heterocycles. The summed E-state index contributed by atoms with van der Waals surface area (Å²) in [7, 11) is 1.58. The number of rotatable bonds is 10. The highest BCUT2D eigenvalue weighted by Crippen LogP contribution is 2.32. The molecular formula is C33H31ClN2O6S. The number of benzene rings is 3. The van der Waals surface area contributed by atoms with Gasteiger partial charge in [-0.3, -0.25) is 9.36 Å². The number of esters is 1. The molecule has 43 heavy (non-hydrogen) atoms. The lowest BCUT2D eigenvalue weighted by atomic mass is 9.96. The van der Waals surface area contributed by atoms with Crippen molar-refractivity contribution in [3.8, 4) is 17.2 Å². The second kappa shape index (κ2) is 13.3. The first-order valence-corrected chi connectivity index (χ1v) is 15.0. The minimum Gasteiger partial charge on any atom is -0.497 e. The van der Waals surface area contributed by atoms with Crippen LogP contribution in [0.5, 0.6) is 17.2 Å². The van der Waals surface area contributed by atoms with Crippen LogP contribution in [0.1, 0.15) is 43.5 Å². The number of nitrogens with zero attached hydrogens (tertiary/aromatic N) is 2. The molecule has 0 spiro atoms. The molecule has 0 fully saturated rings. The molecule has 0 saturated heterocycles. The van der Waals surface area contributed by atoms with E-state index >= 15 is 0 Å². The Morgan fingerprint density at radius 1 is 1.02 bits per heavy atom. The van der Waals surface area contributed by atoms with Gasteiger partial charge in [-0.05, 0) is 68.3 Å². The van der Waals surface area contributed by atoms with E-state index in [0.29, 0.717) is 49.5 Å². The van der Waals surface area contributed by atoms with Crippen LogP contribution in [0.3, 0.4) is 0 Å². The van der Waals surface area contributed by atoms with Gasteiger partial charge >= 0.3 is 5.97 Å². The van der Waals surface area contributed by atoms with Crippen LogP contribution in [-0.2, 0) is 16.1 Å². The van der Waals surface area contributed by atoms with E-state index in [2.05, 4.69) is 4.99 Å². The lowest BCUT2D eigenvalue weighted by Gasteiger charge is -2.24. The predicted octanol–water partition coefficient (Wildman–Crippen LogP) is 5.44. The normalized spacial score (nSPS) is 14.6. The summed E-state index contributed by atoms with van der Waals surface area (Å²) in [5.41, 5.74) is 2.91. The molecular weight excluding hydrogens is 588 g/mol. The number of halogens is 1. The fourth-order valence-corrected chi connectivity index (χ4v) is 6.05. The first-order valence-electron chi connectivity index (χ1n) is 13.8. The summed E-state index contributed by atoms with van der Waals surface area (Å²) in [4.78, 5) is 32.2. The first-order chi connectivity index (χ1) is 20.8. The molecule has 0 saturated carbocycles. The fourth-order valence-electron chi connectivity index (χ4n) is 4.82. The van der Waals surface area contributed by atoms with E-state index < -0.39 is 12.0 Å². The molecule has 10 heteroatoms. The Morgan fingerprint density at radius 2 is 1.79 bits per heavy atom. The van der Waals surface area contributed by atoms with E-state index in [1.54, 1.807) is 43.7 Å². The van der Waals surface area contributed by atoms with Gasteiger partial charge in [-0.25, -0.2) is 9.79 Å². The zero-order valence-electron chi connectivity index (χ0n) is 24.3. The van der Waals surface area contributed by atoms with Gasteiger partial charge in [-0.2, -0.15) is 0 Å². The largest absolute Gasteiger partial charge is 0.497 e. The minimum atomic E-state index is -0.706. The number of aromatic nitrogens is 1. The highest BCUT2D eigenvalue weighted by atomic mass is 35.5. The Balaban J connectivity index is 1.56. The van der Waals surface area contributed by atoms with E-state index in [0.717, 1.165) is 16.7 Å². The molecule has 0 aliphatic carbocycles. The topological polar surface area (TPSA) is 88.4 Å². The molecule has 0 amide bonds. The van der Waals surface area contributed by atoms with Crippen LogP contribution in [0.2, 0.25) is 5.02 Å². The number of carbonyl (C=O) groups excluding carboxylic acids is 1. The average Bonchev–Trinajstić information content (AvgIpc) is 3.30. The van der Waals surface area contributed by atoms with Crippen molar-refractivity contribution in [2.45, 2.75) is 33.4 Å². The van der Waals surface area contributed by atoms with Crippen molar-refractivity contribution < 1.29 is 23.7 Å². The maximum absolute atomic E-state index is 13.9. The van der Waals surface area contributed by atoms with Crippen molar-refractivity contribution in [2.24, 2.45) is 4.99 Å². The molecule has 0 radical (unpaired) electrons. The van der Waals surface area contributed by atoms with E-state index in [1.165, 1.54) is 11.3 Å². The van der Waals surface area contributed by atoms with Crippen LogP contribution in [-0.4, -0.2) is 30.9 Å². The van der Waals surface area contributed by atoms with Gasteiger partial charge in [0.1, 0.15) is 12.4 Å². The standard InChI is InChI=1S/C33H31ClN2O6S/c1-5-40-27-17-21(11-16-26(27)42-19-23-9-7-8-10-25(23)34)18-28-31(37)36-30(22-12-14-24(39-4)15-13-22)29(32(38)41-6-2)20(3)35-33(36)43-28/h7-18,30H,5-6,19H2,1-4H3/b28-18-/t30-/m1/s1. The van der Waals surface area contributed by atoms with Crippen LogP contribution in [0.15, 0.2) is 87.8 Å². The van der Waals surface area contributed by atoms with Gasteiger partial charge in [0.2, 0.25) is 0 Å². The highest BCUT2D eigenvalue weighted by Gasteiger charge is 2.33. The Hall–Kier alpha value is -4.34. The SMILES string of the molecule is CCOC(=O)C1=C(C)N=c2s/c(=C\c3ccc(OCc4ccccc4Cl)c(OCC)c3)c(=O)n2[C@@H]1c1ccc(OC)cc1. The number of hydrogen-bond donors (Lipinski definition) is 0. The Bertz CT molecular complexity index is 1860. The van der Waals surface area contributed by atoms with Gasteiger partial charge in [0, 0.05) is 10.6 Å². The number of hydrogen-bond acceptors (Lipinski definition) is 8. The van der Waals surface area contributed by atoms with Gasteiger partial charge in [0.15, 0.2) is 16.3 Å². The van der Waals surface area contributed by atoms with Crippen LogP contribution >= 0.6 is 22.9 Å². The molecule has 5 rings (SSSR count). The molecule has 0 bridgehead atoms. The highest BCUT2D eigenvalue weighted by molar-refractivity contribution is 7.07. The summed E-state index contributed by atoms with van der Waals surface area (Å²) in [6.45, 7) is 6.32. The van der Waals surface area contributed by atoms with Gasteiger partial charge < -0.3 is 18.9 Å². The van der Waals surface area contributed by atoms with Gasteiger partial charge in [0.05, 0.1) is 42.2 Å². The third kappa shape index (κ3) is 6.38. The molecule has 1 atom stereocenters. The smallest absolute Gasteiger partial charge is 0.338 e. The van der Waals surface area contributed by atoms with Gasteiger partial charge in [-0.15, -0.1) is 0 Å². The zero-order chi connectivity index (χ0) is 30.5. The van der Waals surface area contributed by atoms with Crippen LogP contribution in [0.4, 0.5) is 0 Å².